The standard InChI is InChI=1S/C12H16N2O5S/c1-7(9-4-3-5-20-9)13-12(18)14-8(11(16)17)6-10(15)19-2/h3-5,7-8H,6H2,1-2H3,(H,16,17)(H2,13,14,18)/t7?,8-/m0/s1. The summed E-state index contributed by atoms with van der Waals surface area (Å²) in [6, 6.07) is 1.49. The zero-order valence-corrected chi connectivity index (χ0v) is 11.9. The molecule has 8 heteroatoms. The molecule has 1 rings (SSSR count). The lowest BCUT2D eigenvalue weighted by atomic mass is 10.2. The molecule has 2 amide bonds. The van der Waals surface area contributed by atoms with E-state index in [1.165, 1.54) is 11.3 Å². The Kier molecular flexibility index (Phi) is 5.98. The Hall–Kier alpha value is -2.09. The van der Waals surface area contributed by atoms with Crippen LogP contribution in [-0.4, -0.2) is 36.2 Å². The minimum Gasteiger partial charge on any atom is -0.480 e. The molecule has 1 aromatic heterocycles. The summed E-state index contributed by atoms with van der Waals surface area (Å²) < 4.78 is 4.38. The summed E-state index contributed by atoms with van der Waals surface area (Å²) >= 11 is 1.48. The highest BCUT2D eigenvalue weighted by Gasteiger charge is 2.24. The largest absolute Gasteiger partial charge is 0.480 e. The molecule has 1 unspecified atom stereocenters. The predicted molar refractivity (Wildman–Crippen MR) is 72.5 cm³/mol. The van der Waals surface area contributed by atoms with Crippen LogP contribution >= 0.6 is 11.3 Å². The second kappa shape index (κ2) is 7.49. The van der Waals surface area contributed by atoms with Gasteiger partial charge in [0.1, 0.15) is 6.04 Å². The van der Waals surface area contributed by atoms with E-state index in [1.54, 1.807) is 6.92 Å². The van der Waals surface area contributed by atoms with Crippen molar-refractivity contribution in [3.8, 4) is 0 Å². The molecule has 2 atom stereocenters. The van der Waals surface area contributed by atoms with Gasteiger partial charge in [-0.05, 0) is 18.4 Å². The molecule has 0 saturated heterocycles. The molecule has 0 saturated carbocycles. The third kappa shape index (κ3) is 4.88. The van der Waals surface area contributed by atoms with Crippen LogP contribution in [0.2, 0.25) is 0 Å². The Balaban J connectivity index is 2.53. The third-order valence-corrected chi connectivity index (χ3v) is 3.57. The predicted octanol–water partition coefficient (Wildman–Crippen LogP) is 1.12. The van der Waals surface area contributed by atoms with Gasteiger partial charge in [-0.1, -0.05) is 6.07 Å². The van der Waals surface area contributed by atoms with Crippen molar-refractivity contribution >= 4 is 29.3 Å². The van der Waals surface area contributed by atoms with Gasteiger partial charge in [-0.25, -0.2) is 9.59 Å². The maximum absolute atomic E-state index is 11.7. The molecule has 0 aromatic carbocycles. The topological polar surface area (TPSA) is 105 Å². The van der Waals surface area contributed by atoms with Crippen molar-refractivity contribution in [1.29, 1.82) is 0 Å². The number of carbonyl (C=O) groups excluding carboxylic acids is 2. The maximum Gasteiger partial charge on any atom is 0.326 e. The first kappa shape index (κ1) is 16.0. The molecule has 0 bridgehead atoms. The van der Waals surface area contributed by atoms with E-state index in [0.717, 1.165) is 12.0 Å². The van der Waals surface area contributed by atoms with Crippen LogP contribution in [0.5, 0.6) is 0 Å². The van der Waals surface area contributed by atoms with Crippen LogP contribution in [0.4, 0.5) is 4.79 Å². The van der Waals surface area contributed by atoms with Crippen LogP contribution in [0, 0.1) is 0 Å². The fourth-order valence-corrected chi connectivity index (χ4v) is 2.19. The van der Waals surface area contributed by atoms with E-state index in [0.29, 0.717) is 0 Å². The van der Waals surface area contributed by atoms with E-state index in [1.807, 2.05) is 17.5 Å². The number of carbonyl (C=O) groups is 3. The minimum atomic E-state index is -1.32. The first-order valence-electron chi connectivity index (χ1n) is 5.84. The van der Waals surface area contributed by atoms with Gasteiger partial charge in [0, 0.05) is 4.88 Å². The zero-order chi connectivity index (χ0) is 15.1. The Morgan fingerprint density at radius 2 is 2.10 bits per heavy atom. The lowest BCUT2D eigenvalue weighted by Crippen LogP contribution is -2.47. The second-order valence-corrected chi connectivity index (χ2v) is 5.01. The Morgan fingerprint density at radius 3 is 2.60 bits per heavy atom. The highest BCUT2D eigenvalue weighted by Crippen LogP contribution is 2.17. The number of hydrogen-bond donors (Lipinski definition) is 3. The number of esters is 1. The number of urea groups is 1. The number of hydrogen-bond acceptors (Lipinski definition) is 5. The molecule has 3 N–H and O–H groups in total. The summed E-state index contributed by atoms with van der Waals surface area (Å²) in [5.41, 5.74) is 0. The van der Waals surface area contributed by atoms with E-state index in [2.05, 4.69) is 15.4 Å². The first-order chi connectivity index (χ1) is 9.43. The molecular weight excluding hydrogens is 284 g/mol. The van der Waals surface area contributed by atoms with Crippen molar-refractivity contribution < 1.29 is 24.2 Å². The summed E-state index contributed by atoms with van der Waals surface area (Å²) in [5, 5.41) is 15.6. The van der Waals surface area contributed by atoms with Crippen molar-refractivity contribution in [2.75, 3.05) is 7.11 Å². The van der Waals surface area contributed by atoms with Gasteiger partial charge in [-0.2, -0.15) is 0 Å². The molecule has 1 heterocycles. The van der Waals surface area contributed by atoms with E-state index < -0.39 is 30.4 Å². The van der Waals surface area contributed by atoms with E-state index in [-0.39, 0.29) is 6.04 Å². The average molecular weight is 300 g/mol. The summed E-state index contributed by atoms with van der Waals surface area (Å²) in [5.74, 6) is -2.00. The van der Waals surface area contributed by atoms with Gasteiger partial charge in [-0.3, -0.25) is 4.79 Å². The minimum absolute atomic E-state index is 0.248. The lowest BCUT2D eigenvalue weighted by molar-refractivity contribution is -0.147. The Bertz CT molecular complexity index is 474. The summed E-state index contributed by atoms with van der Waals surface area (Å²) in [6.07, 6.45) is -0.424. The lowest BCUT2D eigenvalue weighted by Gasteiger charge is -2.17. The number of rotatable bonds is 6. The van der Waals surface area contributed by atoms with Crippen molar-refractivity contribution in [2.45, 2.75) is 25.4 Å². The fraction of sp³-hybridized carbons (Fsp3) is 0.417. The molecule has 110 valence electrons. The molecule has 7 nitrogen and oxygen atoms in total. The molecule has 20 heavy (non-hydrogen) atoms. The molecule has 0 spiro atoms. The van der Waals surface area contributed by atoms with E-state index >= 15 is 0 Å². The van der Waals surface area contributed by atoms with Crippen LogP contribution in [-0.2, 0) is 14.3 Å². The molecule has 0 fully saturated rings. The van der Waals surface area contributed by atoms with Gasteiger partial charge < -0.3 is 20.5 Å². The Labute approximate surface area is 119 Å². The van der Waals surface area contributed by atoms with Crippen LogP contribution in [0.3, 0.4) is 0 Å². The van der Waals surface area contributed by atoms with Gasteiger partial charge >= 0.3 is 18.0 Å². The highest BCUT2D eigenvalue weighted by atomic mass is 32.1. The number of aliphatic carboxylic acids is 1. The number of ether oxygens (including phenoxy) is 1. The SMILES string of the molecule is COC(=O)C[C@H](NC(=O)NC(C)c1cccs1)C(=O)O. The number of methoxy groups -OCH3 is 1. The van der Waals surface area contributed by atoms with Gasteiger partial charge in [0.05, 0.1) is 19.6 Å². The van der Waals surface area contributed by atoms with Crippen LogP contribution in [0.15, 0.2) is 17.5 Å². The second-order valence-electron chi connectivity index (χ2n) is 4.03. The van der Waals surface area contributed by atoms with Gasteiger partial charge in [-0.15, -0.1) is 11.3 Å². The molecule has 0 radical (unpaired) electrons. The molecule has 1 aromatic rings. The first-order valence-corrected chi connectivity index (χ1v) is 6.72. The van der Waals surface area contributed by atoms with Gasteiger partial charge in [0.15, 0.2) is 0 Å². The smallest absolute Gasteiger partial charge is 0.326 e. The average Bonchev–Trinajstić information content (AvgIpc) is 2.91. The van der Waals surface area contributed by atoms with Gasteiger partial charge in [0.25, 0.3) is 0 Å². The van der Waals surface area contributed by atoms with E-state index in [4.69, 9.17) is 5.11 Å². The number of carboxylic acid groups (broad SMARTS) is 1. The van der Waals surface area contributed by atoms with Gasteiger partial charge in [0.2, 0.25) is 0 Å². The summed E-state index contributed by atoms with van der Waals surface area (Å²) in [6.45, 7) is 1.78. The summed E-state index contributed by atoms with van der Waals surface area (Å²) in [7, 11) is 1.15. The Morgan fingerprint density at radius 1 is 1.40 bits per heavy atom. The molecular formula is C12H16N2O5S. The number of nitrogens with one attached hydrogen (secondary N) is 2. The van der Waals surface area contributed by atoms with Crippen molar-refractivity contribution in [2.24, 2.45) is 0 Å². The van der Waals surface area contributed by atoms with Crippen LogP contribution in [0.1, 0.15) is 24.3 Å². The number of thiophene rings is 1. The van der Waals surface area contributed by atoms with Crippen LogP contribution in [0.25, 0.3) is 0 Å². The number of amides is 2. The monoisotopic (exact) mass is 300 g/mol. The third-order valence-electron chi connectivity index (χ3n) is 2.52. The zero-order valence-electron chi connectivity index (χ0n) is 11.1. The molecule has 0 aliphatic carbocycles. The quantitative estimate of drug-likeness (QED) is 0.683. The van der Waals surface area contributed by atoms with E-state index in [9.17, 15) is 14.4 Å². The highest BCUT2D eigenvalue weighted by molar-refractivity contribution is 7.10. The summed E-state index contributed by atoms with van der Waals surface area (Å²) in [4.78, 5) is 34.7. The van der Waals surface area contributed by atoms with Crippen molar-refractivity contribution in [1.82, 2.24) is 10.6 Å². The molecule has 0 aliphatic rings. The van der Waals surface area contributed by atoms with Crippen molar-refractivity contribution in [3.63, 3.8) is 0 Å². The number of carboxylic acids is 1. The normalized spacial score (nSPS) is 13.1. The molecule has 0 aliphatic heterocycles. The van der Waals surface area contributed by atoms with Crippen molar-refractivity contribution in [3.05, 3.63) is 22.4 Å². The maximum atomic E-state index is 11.7. The fourth-order valence-electron chi connectivity index (χ4n) is 1.46. The van der Waals surface area contributed by atoms with Crippen LogP contribution < -0.4 is 10.6 Å².